The molecule has 0 bridgehead atoms. The van der Waals surface area contributed by atoms with E-state index in [4.69, 9.17) is 0 Å². The summed E-state index contributed by atoms with van der Waals surface area (Å²) in [7, 11) is 1.77. The second-order valence-electron chi connectivity index (χ2n) is 7.05. The molecule has 2 amide bonds. The van der Waals surface area contributed by atoms with Gasteiger partial charge in [-0.3, -0.25) is 4.68 Å². The van der Waals surface area contributed by atoms with Crippen LogP contribution in [-0.2, 0) is 0 Å². The predicted molar refractivity (Wildman–Crippen MR) is 95.1 cm³/mol. The number of rotatable bonds is 4. The zero-order valence-corrected chi connectivity index (χ0v) is 14.6. The number of hydrogen-bond donors (Lipinski definition) is 2. The lowest BCUT2D eigenvalue weighted by molar-refractivity contribution is 0.116. The van der Waals surface area contributed by atoms with Crippen molar-refractivity contribution < 1.29 is 9.90 Å². The van der Waals surface area contributed by atoms with Gasteiger partial charge in [0.05, 0.1) is 11.6 Å². The molecule has 2 unspecified atom stereocenters. The average molecular weight is 330 g/mol. The van der Waals surface area contributed by atoms with E-state index in [1.54, 1.807) is 11.9 Å². The lowest BCUT2D eigenvalue weighted by Gasteiger charge is -2.23. The Bertz CT molecular complexity index is 725. The third-order valence-corrected chi connectivity index (χ3v) is 4.78. The van der Waals surface area contributed by atoms with E-state index in [9.17, 15) is 9.90 Å². The summed E-state index contributed by atoms with van der Waals surface area (Å²) in [5.41, 5.74) is 1.68. The van der Waals surface area contributed by atoms with Crippen LogP contribution in [-0.4, -0.2) is 45.5 Å². The van der Waals surface area contributed by atoms with Crippen molar-refractivity contribution >= 4 is 22.6 Å². The number of carbonyl (C=O) groups excluding carboxylic acids is 1. The number of benzene rings is 1. The first-order valence-electron chi connectivity index (χ1n) is 8.63. The van der Waals surface area contributed by atoms with Gasteiger partial charge in [-0.15, -0.1) is 0 Å². The zero-order valence-electron chi connectivity index (χ0n) is 14.6. The van der Waals surface area contributed by atoms with Crippen LogP contribution >= 0.6 is 0 Å². The van der Waals surface area contributed by atoms with Crippen molar-refractivity contribution in [2.24, 2.45) is 5.92 Å². The van der Waals surface area contributed by atoms with Crippen molar-refractivity contribution in [3.8, 4) is 0 Å². The molecule has 2 aromatic rings. The Morgan fingerprint density at radius 2 is 2.25 bits per heavy atom. The number of aliphatic hydroxyl groups is 1. The highest BCUT2D eigenvalue weighted by atomic mass is 16.3. The molecule has 2 N–H and O–H groups in total. The molecule has 1 aliphatic rings. The number of fused-ring (bicyclic) bond motifs is 1. The summed E-state index contributed by atoms with van der Waals surface area (Å²) < 4.78 is 1.92. The van der Waals surface area contributed by atoms with Crippen molar-refractivity contribution in [2.75, 3.05) is 18.9 Å². The van der Waals surface area contributed by atoms with Gasteiger partial charge in [-0.2, -0.15) is 5.10 Å². The quantitative estimate of drug-likeness (QED) is 0.904. The molecule has 24 heavy (non-hydrogen) atoms. The number of hydrogen-bond acceptors (Lipinski definition) is 3. The van der Waals surface area contributed by atoms with Gasteiger partial charge in [-0.05, 0) is 44.9 Å². The number of aromatic nitrogens is 2. The second-order valence-corrected chi connectivity index (χ2v) is 7.05. The first-order valence-corrected chi connectivity index (χ1v) is 8.63. The summed E-state index contributed by atoms with van der Waals surface area (Å²) in [6.45, 7) is 4.75. The van der Waals surface area contributed by atoms with Gasteiger partial charge in [-0.1, -0.05) is 6.42 Å². The molecule has 0 radical (unpaired) electrons. The fourth-order valence-corrected chi connectivity index (χ4v) is 3.27. The number of urea groups is 1. The SMILES string of the molecule is CC(C)n1cc2cc(NC(=O)N(C)CC3CCCC3O)ccc2n1. The van der Waals surface area contributed by atoms with E-state index < -0.39 is 0 Å². The third-order valence-electron chi connectivity index (χ3n) is 4.78. The van der Waals surface area contributed by atoms with E-state index in [0.717, 1.165) is 35.9 Å². The Balaban J connectivity index is 1.66. The average Bonchev–Trinajstić information content (AvgIpc) is 3.13. The summed E-state index contributed by atoms with van der Waals surface area (Å²) in [4.78, 5) is 14.0. The van der Waals surface area contributed by atoms with Crippen LogP contribution in [0, 0.1) is 5.92 Å². The summed E-state index contributed by atoms with van der Waals surface area (Å²) in [6, 6.07) is 5.89. The Morgan fingerprint density at radius 3 is 2.92 bits per heavy atom. The molecule has 6 heteroatoms. The highest BCUT2D eigenvalue weighted by Crippen LogP contribution is 2.26. The zero-order chi connectivity index (χ0) is 17.3. The van der Waals surface area contributed by atoms with E-state index in [2.05, 4.69) is 24.3 Å². The Kier molecular flexibility index (Phi) is 4.76. The van der Waals surface area contributed by atoms with Crippen molar-refractivity contribution in [1.82, 2.24) is 14.7 Å². The first kappa shape index (κ1) is 16.8. The Hall–Kier alpha value is -2.08. The van der Waals surface area contributed by atoms with E-state index in [1.807, 2.05) is 29.1 Å². The van der Waals surface area contributed by atoms with Crippen molar-refractivity contribution in [3.63, 3.8) is 0 Å². The van der Waals surface area contributed by atoms with E-state index in [0.29, 0.717) is 12.6 Å². The molecule has 130 valence electrons. The maximum atomic E-state index is 12.4. The van der Waals surface area contributed by atoms with Crippen LogP contribution in [0.1, 0.15) is 39.2 Å². The van der Waals surface area contributed by atoms with E-state index >= 15 is 0 Å². The normalized spacial score (nSPS) is 20.7. The van der Waals surface area contributed by atoms with Crippen LogP contribution in [0.3, 0.4) is 0 Å². The van der Waals surface area contributed by atoms with Gasteiger partial charge in [0.1, 0.15) is 0 Å². The fourth-order valence-electron chi connectivity index (χ4n) is 3.27. The first-order chi connectivity index (χ1) is 11.4. The van der Waals surface area contributed by atoms with Crippen LogP contribution in [0.5, 0.6) is 0 Å². The van der Waals surface area contributed by atoms with E-state index in [-0.39, 0.29) is 18.1 Å². The Labute approximate surface area is 142 Å². The number of aliphatic hydroxyl groups excluding tert-OH is 1. The van der Waals surface area contributed by atoms with Crippen LogP contribution in [0.25, 0.3) is 10.9 Å². The summed E-state index contributed by atoms with van der Waals surface area (Å²) in [6.07, 6.45) is 4.58. The van der Waals surface area contributed by atoms with Gasteiger partial charge in [0, 0.05) is 42.8 Å². The molecule has 6 nitrogen and oxygen atoms in total. The van der Waals surface area contributed by atoms with Crippen molar-refractivity contribution in [1.29, 1.82) is 0 Å². The minimum Gasteiger partial charge on any atom is -0.393 e. The highest BCUT2D eigenvalue weighted by Gasteiger charge is 2.27. The van der Waals surface area contributed by atoms with Crippen LogP contribution in [0.2, 0.25) is 0 Å². The molecule has 0 aliphatic heterocycles. The maximum Gasteiger partial charge on any atom is 0.321 e. The van der Waals surface area contributed by atoms with Crippen molar-refractivity contribution in [3.05, 3.63) is 24.4 Å². The summed E-state index contributed by atoms with van der Waals surface area (Å²) in [5.74, 6) is 0.188. The molecular formula is C18H26N4O2. The van der Waals surface area contributed by atoms with Crippen LogP contribution < -0.4 is 5.32 Å². The number of anilines is 1. The monoisotopic (exact) mass is 330 g/mol. The number of amides is 2. The Morgan fingerprint density at radius 1 is 1.46 bits per heavy atom. The number of nitrogens with zero attached hydrogens (tertiary/aromatic N) is 3. The summed E-state index contributed by atoms with van der Waals surface area (Å²) >= 11 is 0. The number of carbonyl (C=O) groups is 1. The minimum atomic E-state index is -0.279. The third kappa shape index (κ3) is 3.53. The molecule has 1 heterocycles. The van der Waals surface area contributed by atoms with Gasteiger partial charge in [-0.25, -0.2) is 4.79 Å². The maximum absolute atomic E-state index is 12.4. The lowest BCUT2D eigenvalue weighted by Crippen LogP contribution is -2.37. The molecule has 1 aliphatic carbocycles. The highest BCUT2D eigenvalue weighted by molar-refractivity contribution is 5.92. The van der Waals surface area contributed by atoms with Gasteiger partial charge >= 0.3 is 6.03 Å². The lowest BCUT2D eigenvalue weighted by atomic mass is 10.1. The molecule has 0 saturated heterocycles. The van der Waals surface area contributed by atoms with Crippen LogP contribution in [0.4, 0.5) is 10.5 Å². The topological polar surface area (TPSA) is 70.4 Å². The molecule has 3 rings (SSSR count). The second kappa shape index (κ2) is 6.81. The predicted octanol–water partition coefficient (Wildman–Crippen LogP) is 3.24. The summed E-state index contributed by atoms with van der Waals surface area (Å²) in [5, 5.41) is 18.4. The van der Waals surface area contributed by atoms with Gasteiger partial charge in [0.2, 0.25) is 0 Å². The molecule has 1 aromatic heterocycles. The van der Waals surface area contributed by atoms with Gasteiger partial charge < -0.3 is 15.3 Å². The molecule has 1 fully saturated rings. The van der Waals surface area contributed by atoms with E-state index in [1.165, 1.54) is 0 Å². The minimum absolute atomic E-state index is 0.148. The molecular weight excluding hydrogens is 304 g/mol. The fraction of sp³-hybridized carbons (Fsp3) is 0.556. The van der Waals surface area contributed by atoms with Gasteiger partial charge in [0.15, 0.2) is 0 Å². The molecule has 0 spiro atoms. The van der Waals surface area contributed by atoms with Crippen molar-refractivity contribution in [2.45, 2.75) is 45.3 Å². The largest absolute Gasteiger partial charge is 0.393 e. The molecule has 1 aromatic carbocycles. The smallest absolute Gasteiger partial charge is 0.321 e. The number of nitrogens with one attached hydrogen (secondary N) is 1. The molecule has 1 saturated carbocycles. The van der Waals surface area contributed by atoms with Gasteiger partial charge in [0.25, 0.3) is 0 Å². The van der Waals surface area contributed by atoms with Crippen LogP contribution in [0.15, 0.2) is 24.4 Å². The molecule has 2 atom stereocenters. The standard InChI is InChI=1S/C18H26N4O2/c1-12(2)22-11-14-9-15(7-8-16(14)20-22)19-18(24)21(3)10-13-5-4-6-17(13)23/h7-9,11-13,17,23H,4-6,10H2,1-3H3,(H,19,24).